The Labute approximate surface area is 206 Å². The largest absolute Gasteiger partial charge is 0.490 e. The zero-order valence-corrected chi connectivity index (χ0v) is 19.8. The van der Waals surface area contributed by atoms with Crippen molar-refractivity contribution < 1.29 is 19.1 Å². The summed E-state index contributed by atoms with van der Waals surface area (Å²) < 4.78 is 7.55. The van der Waals surface area contributed by atoms with Gasteiger partial charge in [0.25, 0.3) is 11.8 Å². The number of rotatable bonds is 7. The van der Waals surface area contributed by atoms with Gasteiger partial charge >= 0.3 is 6.03 Å². The molecule has 0 atom stereocenters. The van der Waals surface area contributed by atoms with Crippen molar-refractivity contribution in [1.29, 1.82) is 0 Å². The minimum Gasteiger partial charge on any atom is -0.490 e. The van der Waals surface area contributed by atoms with Gasteiger partial charge in [0, 0.05) is 23.0 Å². The van der Waals surface area contributed by atoms with Crippen LogP contribution in [0.1, 0.15) is 18.2 Å². The monoisotopic (exact) mass is 497 g/mol. The first-order chi connectivity index (χ1) is 16.4. The van der Waals surface area contributed by atoms with Gasteiger partial charge in [0.15, 0.2) is 0 Å². The molecule has 0 saturated carbocycles. The van der Waals surface area contributed by atoms with Crippen LogP contribution in [0.25, 0.3) is 6.08 Å². The Bertz CT molecular complexity index is 1280. The number of hydrogen-bond donors (Lipinski definition) is 1. The summed E-state index contributed by atoms with van der Waals surface area (Å²) in [4.78, 5) is 39.0. The van der Waals surface area contributed by atoms with E-state index >= 15 is 0 Å². The molecule has 0 radical (unpaired) electrons. The average molecular weight is 498 g/mol. The normalized spacial score (nSPS) is 15.1. The first-order valence-electron chi connectivity index (χ1n) is 10.6. The molecule has 7 nitrogen and oxygen atoms in total. The van der Waals surface area contributed by atoms with Crippen LogP contribution in [0, 0.1) is 0 Å². The van der Waals surface area contributed by atoms with Crippen LogP contribution in [0.5, 0.6) is 5.75 Å². The van der Waals surface area contributed by atoms with Crippen molar-refractivity contribution >= 4 is 52.8 Å². The van der Waals surface area contributed by atoms with Gasteiger partial charge in [-0.1, -0.05) is 42.3 Å². The van der Waals surface area contributed by atoms with E-state index in [1.54, 1.807) is 48.7 Å². The standard InChI is InChI=1S/C25H21Cl2N3O4/c1-2-16-5-8-18(9-6-16)30-24(32)20(23(31)28-25(30)33)15-19-4-3-11-29(19)12-13-34-22-14-17(26)7-10-21(22)27/h3-11,14-15H,2,12-13H2,1H3,(H,28,31,33)/b20-15+. The topological polar surface area (TPSA) is 80.6 Å². The molecule has 34 heavy (non-hydrogen) atoms. The van der Waals surface area contributed by atoms with Crippen molar-refractivity contribution in [2.45, 2.75) is 19.9 Å². The Kier molecular flexibility index (Phi) is 7.05. The van der Waals surface area contributed by atoms with Crippen LogP contribution < -0.4 is 15.0 Å². The number of ether oxygens (including phenoxy) is 1. The van der Waals surface area contributed by atoms with Gasteiger partial charge in [0.1, 0.15) is 17.9 Å². The number of hydrogen-bond acceptors (Lipinski definition) is 4. The molecule has 1 saturated heterocycles. The molecule has 4 amide bonds. The minimum atomic E-state index is -0.779. The highest BCUT2D eigenvalue weighted by molar-refractivity contribution is 6.39. The Hall–Kier alpha value is -3.55. The second kappa shape index (κ2) is 10.2. The summed E-state index contributed by atoms with van der Waals surface area (Å²) in [5, 5.41) is 3.20. The fourth-order valence-electron chi connectivity index (χ4n) is 3.52. The van der Waals surface area contributed by atoms with E-state index in [1.165, 1.54) is 6.08 Å². The predicted octanol–water partition coefficient (Wildman–Crippen LogP) is 5.10. The van der Waals surface area contributed by atoms with Gasteiger partial charge in [0.2, 0.25) is 0 Å². The summed E-state index contributed by atoms with van der Waals surface area (Å²) >= 11 is 12.1. The molecule has 1 aromatic heterocycles. The minimum absolute atomic E-state index is 0.141. The molecule has 0 spiro atoms. The highest BCUT2D eigenvalue weighted by atomic mass is 35.5. The number of aromatic nitrogens is 1. The summed E-state index contributed by atoms with van der Waals surface area (Å²) in [6.07, 6.45) is 4.09. The molecule has 1 aliphatic heterocycles. The Morgan fingerprint density at radius 3 is 2.53 bits per heavy atom. The first-order valence-corrected chi connectivity index (χ1v) is 11.4. The third kappa shape index (κ3) is 5.00. The highest BCUT2D eigenvalue weighted by Crippen LogP contribution is 2.28. The van der Waals surface area contributed by atoms with Crippen molar-refractivity contribution in [2.24, 2.45) is 0 Å². The first kappa shape index (κ1) is 23.6. The van der Waals surface area contributed by atoms with E-state index in [1.807, 2.05) is 23.6 Å². The van der Waals surface area contributed by atoms with Crippen LogP contribution in [-0.4, -0.2) is 29.0 Å². The summed E-state index contributed by atoms with van der Waals surface area (Å²) in [5.74, 6) is -0.967. The number of amides is 4. The number of anilines is 1. The van der Waals surface area contributed by atoms with Crippen LogP contribution in [0.4, 0.5) is 10.5 Å². The fourth-order valence-corrected chi connectivity index (χ4v) is 3.86. The summed E-state index contributed by atoms with van der Waals surface area (Å²) in [6, 6.07) is 14.8. The van der Waals surface area contributed by atoms with E-state index in [-0.39, 0.29) is 12.2 Å². The number of nitrogens with one attached hydrogen (secondary N) is 1. The van der Waals surface area contributed by atoms with Crippen LogP contribution >= 0.6 is 23.2 Å². The van der Waals surface area contributed by atoms with Gasteiger partial charge in [0.05, 0.1) is 17.3 Å². The molecule has 9 heteroatoms. The Morgan fingerprint density at radius 1 is 1.03 bits per heavy atom. The van der Waals surface area contributed by atoms with Crippen molar-refractivity contribution in [3.63, 3.8) is 0 Å². The maximum absolute atomic E-state index is 13.1. The Morgan fingerprint density at radius 2 is 1.79 bits per heavy atom. The summed E-state index contributed by atoms with van der Waals surface area (Å²) in [7, 11) is 0. The summed E-state index contributed by atoms with van der Waals surface area (Å²) in [5.41, 5.74) is 1.92. The number of urea groups is 1. The number of benzene rings is 2. The molecule has 0 bridgehead atoms. The number of carbonyl (C=O) groups is 3. The van der Waals surface area contributed by atoms with E-state index < -0.39 is 17.8 Å². The summed E-state index contributed by atoms with van der Waals surface area (Å²) in [6.45, 7) is 2.71. The van der Waals surface area contributed by atoms with Crippen molar-refractivity contribution in [3.05, 3.63) is 87.7 Å². The smallest absolute Gasteiger partial charge is 0.335 e. The number of halogens is 2. The molecular formula is C25H21Cl2N3O4. The maximum Gasteiger partial charge on any atom is 0.335 e. The van der Waals surface area contributed by atoms with E-state index in [2.05, 4.69) is 5.32 Å². The molecule has 1 N–H and O–H groups in total. The molecule has 0 aliphatic carbocycles. The zero-order chi connectivity index (χ0) is 24.2. The van der Waals surface area contributed by atoms with Crippen molar-refractivity contribution in [2.75, 3.05) is 11.5 Å². The number of aryl methyl sites for hydroxylation is 1. The van der Waals surface area contributed by atoms with Crippen LogP contribution in [0.15, 0.2) is 66.4 Å². The number of barbiturate groups is 1. The second-order valence-corrected chi connectivity index (χ2v) is 8.37. The van der Waals surface area contributed by atoms with Gasteiger partial charge in [-0.2, -0.15) is 0 Å². The Balaban J connectivity index is 1.53. The van der Waals surface area contributed by atoms with Gasteiger partial charge < -0.3 is 9.30 Å². The van der Waals surface area contributed by atoms with E-state index in [0.717, 1.165) is 16.9 Å². The van der Waals surface area contributed by atoms with Crippen LogP contribution in [-0.2, 0) is 22.6 Å². The SMILES string of the molecule is CCc1ccc(N2C(=O)NC(=O)/C(=C\c3cccn3CCOc3cc(Cl)ccc3Cl)C2=O)cc1. The van der Waals surface area contributed by atoms with Crippen molar-refractivity contribution in [3.8, 4) is 5.75 Å². The van der Waals surface area contributed by atoms with Gasteiger partial charge in [-0.25, -0.2) is 9.69 Å². The second-order valence-electron chi connectivity index (χ2n) is 7.53. The molecule has 2 heterocycles. The van der Waals surface area contributed by atoms with E-state index in [0.29, 0.717) is 33.7 Å². The van der Waals surface area contributed by atoms with E-state index in [9.17, 15) is 14.4 Å². The van der Waals surface area contributed by atoms with E-state index in [4.69, 9.17) is 27.9 Å². The molecule has 174 valence electrons. The molecule has 2 aromatic carbocycles. The van der Waals surface area contributed by atoms with Crippen molar-refractivity contribution in [1.82, 2.24) is 9.88 Å². The number of imide groups is 2. The van der Waals surface area contributed by atoms with Crippen LogP contribution in [0.2, 0.25) is 10.0 Å². The quantitative estimate of drug-likeness (QED) is 0.363. The van der Waals surface area contributed by atoms with Crippen LogP contribution in [0.3, 0.4) is 0 Å². The molecule has 1 aliphatic rings. The van der Waals surface area contributed by atoms with Gasteiger partial charge in [-0.15, -0.1) is 0 Å². The molecular weight excluding hydrogens is 477 g/mol. The van der Waals surface area contributed by atoms with Gasteiger partial charge in [-0.05, 0) is 54.5 Å². The van der Waals surface area contributed by atoms with Gasteiger partial charge in [-0.3, -0.25) is 14.9 Å². The third-order valence-corrected chi connectivity index (χ3v) is 5.89. The number of carbonyl (C=O) groups excluding carboxylic acids is 3. The lowest BCUT2D eigenvalue weighted by atomic mass is 10.1. The average Bonchev–Trinajstić information content (AvgIpc) is 3.26. The fraction of sp³-hybridized carbons (Fsp3) is 0.160. The molecule has 3 aromatic rings. The lowest BCUT2D eigenvalue weighted by molar-refractivity contribution is -0.122. The molecule has 1 fully saturated rings. The highest BCUT2D eigenvalue weighted by Gasteiger charge is 2.36. The lowest BCUT2D eigenvalue weighted by Gasteiger charge is -2.26. The molecule has 0 unspecified atom stereocenters. The molecule has 4 rings (SSSR count). The maximum atomic E-state index is 13.1. The predicted molar refractivity (Wildman–Crippen MR) is 131 cm³/mol. The number of nitrogens with zero attached hydrogens (tertiary/aromatic N) is 2. The lowest BCUT2D eigenvalue weighted by Crippen LogP contribution is -2.54. The zero-order valence-electron chi connectivity index (χ0n) is 18.3. The third-order valence-electron chi connectivity index (χ3n) is 5.34.